The van der Waals surface area contributed by atoms with Crippen LogP contribution >= 0.6 is 0 Å². The van der Waals surface area contributed by atoms with Gasteiger partial charge in [0.15, 0.2) is 0 Å². The van der Waals surface area contributed by atoms with Crippen molar-refractivity contribution in [3.05, 3.63) is 29.8 Å². The van der Waals surface area contributed by atoms with E-state index in [1.165, 1.54) is 24.3 Å². The maximum atomic E-state index is 11.3. The summed E-state index contributed by atoms with van der Waals surface area (Å²) < 4.78 is 0. The Morgan fingerprint density at radius 2 is 1.76 bits per heavy atom. The van der Waals surface area contributed by atoms with Crippen molar-refractivity contribution in [1.29, 1.82) is 10.5 Å². The number of anilines is 1. The Hall–Kier alpha value is -2.86. The lowest BCUT2D eigenvalue weighted by molar-refractivity contribution is -0.136. The molecule has 1 aromatic rings. The number of carbonyl (C=O) groups is 2. The van der Waals surface area contributed by atoms with Crippen molar-refractivity contribution in [2.45, 2.75) is 0 Å². The zero-order chi connectivity index (χ0) is 12.7. The largest absolute Gasteiger partial charge is 0.335 e. The van der Waals surface area contributed by atoms with Gasteiger partial charge in [-0.25, -0.2) is 0 Å². The van der Waals surface area contributed by atoms with Crippen LogP contribution in [0.25, 0.3) is 0 Å². The van der Waals surface area contributed by atoms with Gasteiger partial charge in [-0.3, -0.25) is 9.59 Å². The smallest absolute Gasteiger partial charge is 0.313 e. The van der Waals surface area contributed by atoms with Gasteiger partial charge in [-0.05, 0) is 24.3 Å². The normalized spacial score (nSPS) is 8.59. The topological polar surface area (TPSA) is 106 Å². The van der Waals surface area contributed by atoms with Crippen molar-refractivity contribution < 1.29 is 9.59 Å². The van der Waals surface area contributed by atoms with E-state index in [9.17, 15) is 9.59 Å². The van der Waals surface area contributed by atoms with Gasteiger partial charge >= 0.3 is 11.8 Å². The third-order valence-electron chi connectivity index (χ3n) is 1.81. The number of rotatable bonds is 2. The first kappa shape index (κ1) is 12.2. The zero-order valence-electron chi connectivity index (χ0n) is 8.73. The minimum Gasteiger partial charge on any atom is -0.335 e. The van der Waals surface area contributed by atoms with E-state index in [1.807, 2.05) is 6.07 Å². The molecule has 0 unspecified atom stereocenters. The van der Waals surface area contributed by atoms with Gasteiger partial charge in [0, 0.05) is 5.69 Å². The number of nitrogens with zero attached hydrogens (tertiary/aromatic N) is 2. The number of carbonyl (C=O) groups excluding carboxylic acids is 2. The first-order chi connectivity index (χ1) is 8.17. The summed E-state index contributed by atoms with van der Waals surface area (Å²) in [6.45, 7) is -0.223. The second-order valence-electron chi connectivity index (χ2n) is 2.98. The van der Waals surface area contributed by atoms with Crippen LogP contribution < -0.4 is 10.6 Å². The molecule has 2 N–H and O–H groups in total. The molecule has 17 heavy (non-hydrogen) atoms. The Balaban J connectivity index is 2.59. The zero-order valence-corrected chi connectivity index (χ0v) is 8.73. The molecule has 0 saturated heterocycles. The average Bonchev–Trinajstić information content (AvgIpc) is 2.36. The number of nitriles is 2. The highest BCUT2D eigenvalue weighted by atomic mass is 16.2. The minimum atomic E-state index is -0.879. The van der Waals surface area contributed by atoms with Crippen molar-refractivity contribution in [1.82, 2.24) is 5.32 Å². The molecule has 84 valence electrons. The fraction of sp³-hybridized carbons (Fsp3) is 0.0909. The molecular weight excluding hydrogens is 220 g/mol. The number of amides is 2. The Bertz CT molecular complexity index is 508. The van der Waals surface area contributed by atoms with Crippen molar-refractivity contribution in [2.75, 3.05) is 11.9 Å². The van der Waals surface area contributed by atoms with Gasteiger partial charge in [0.05, 0.1) is 17.7 Å². The SMILES string of the molecule is N#CCNC(=O)C(=O)Nc1ccc(C#N)cc1. The highest BCUT2D eigenvalue weighted by Gasteiger charge is 2.12. The van der Waals surface area contributed by atoms with E-state index in [2.05, 4.69) is 10.6 Å². The lowest BCUT2D eigenvalue weighted by Gasteiger charge is -2.03. The number of benzene rings is 1. The monoisotopic (exact) mass is 228 g/mol. The molecule has 0 atom stereocenters. The second-order valence-corrected chi connectivity index (χ2v) is 2.98. The van der Waals surface area contributed by atoms with Crippen LogP contribution in [0.5, 0.6) is 0 Å². The molecule has 0 aliphatic heterocycles. The molecule has 0 aromatic heterocycles. The maximum Gasteiger partial charge on any atom is 0.313 e. The Morgan fingerprint density at radius 3 is 2.29 bits per heavy atom. The van der Waals surface area contributed by atoms with Crippen LogP contribution in [0.2, 0.25) is 0 Å². The molecular formula is C11H8N4O2. The average molecular weight is 228 g/mol. The maximum absolute atomic E-state index is 11.3. The highest BCUT2D eigenvalue weighted by Crippen LogP contribution is 2.08. The van der Waals surface area contributed by atoms with Crippen LogP contribution in [0.1, 0.15) is 5.56 Å². The first-order valence-corrected chi connectivity index (χ1v) is 4.63. The summed E-state index contributed by atoms with van der Waals surface area (Å²) in [4.78, 5) is 22.4. The molecule has 0 aliphatic carbocycles. The van der Waals surface area contributed by atoms with E-state index < -0.39 is 11.8 Å². The number of hydrogen-bond donors (Lipinski definition) is 2. The van der Waals surface area contributed by atoms with Gasteiger partial charge in [-0.15, -0.1) is 0 Å². The molecule has 6 nitrogen and oxygen atoms in total. The van der Waals surface area contributed by atoms with E-state index in [-0.39, 0.29) is 6.54 Å². The fourth-order valence-corrected chi connectivity index (χ4v) is 1.02. The standard InChI is InChI=1S/C11H8N4O2/c12-5-6-14-10(16)11(17)15-9-3-1-8(7-13)2-4-9/h1-4H,6H2,(H,14,16)(H,15,17). The van der Waals surface area contributed by atoms with Crippen LogP contribution in [0.15, 0.2) is 24.3 Å². The molecule has 6 heteroatoms. The third-order valence-corrected chi connectivity index (χ3v) is 1.81. The summed E-state index contributed by atoms with van der Waals surface area (Å²) in [6, 6.07) is 9.66. The van der Waals surface area contributed by atoms with Gasteiger partial charge in [0.2, 0.25) is 0 Å². The van der Waals surface area contributed by atoms with Crippen molar-refractivity contribution in [3.8, 4) is 12.1 Å². The van der Waals surface area contributed by atoms with Gasteiger partial charge in [0.1, 0.15) is 6.54 Å². The second kappa shape index (κ2) is 5.89. The molecule has 2 amide bonds. The third kappa shape index (κ3) is 3.65. The lowest BCUT2D eigenvalue weighted by Crippen LogP contribution is -2.35. The van der Waals surface area contributed by atoms with Crippen LogP contribution in [-0.4, -0.2) is 18.4 Å². The van der Waals surface area contributed by atoms with E-state index >= 15 is 0 Å². The summed E-state index contributed by atoms with van der Waals surface area (Å²) in [5.41, 5.74) is 0.859. The van der Waals surface area contributed by atoms with Gasteiger partial charge in [-0.2, -0.15) is 10.5 Å². The van der Waals surface area contributed by atoms with Gasteiger partial charge in [0.25, 0.3) is 0 Å². The van der Waals surface area contributed by atoms with Crippen molar-refractivity contribution >= 4 is 17.5 Å². The van der Waals surface area contributed by atoms with Crippen LogP contribution in [0, 0.1) is 22.7 Å². The van der Waals surface area contributed by atoms with Crippen molar-refractivity contribution in [2.24, 2.45) is 0 Å². The predicted octanol–water partition coefficient (Wildman–Crippen LogP) is 0.137. The summed E-state index contributed by atoms with van der Waals surface area (Å²) in [6.07, 6.45) is 0. The molecule has 0 bridgehead atoms. The first-order valence-electron chi connectivity index (χ1n) is 4.63. The molecule has 0 aliphatic rings. The van der Waals surface area contributed by atoms with Crippen LogP contribution in [-0.2, 0) is 9.59 Å². The molecule has 1 aromatic carbocycles. The molecule has 0 saturated carbocycles. The molecule has 0 spiro atoms. The summed E-state index contributed by atoms with van der Waals surface area (Å²) >= 11 is 0. The van der Waals surface area contributed by atoms with E-state index in [1.54, 1.807) is 6.07 Å². The van der Waals surface area contributed by atoms with Crippen LogP contribution in [0.3, 0.4) is 0 Å². The lowest BCUT2D eigenvalue weighted by atomic mass is 10.2. The highest BCUT2D eigenvalue weighted by molar-refractivity contribution is 6.39. The molecule has 0 radical (unpaired) electrons. The predicted molar refractivity (Wildman–Crippen MR) is 58.4 cm³/mol. The van der Waals surface area contributed by atoms with E-state index in [4.69, 9.17) is 10.5 Å². The summed E-state index contributed by atoms with van der Waals surface area (Å²) in [7, 11) is 0. The summed E-state index contributed by atoms with van der Waals surface area (Å²) in [5, 5.41) is 21.2. The number of hydrogen-bond acceptors (Lipinski definition) is 4. The van der Waals surface area contributed by atoms with Gasteiger partial charge < -0.3 is 10.6 Å². The van der Waals surface area contributed by atoms with E-state index in [0.717, 1.165) is 0 Å². The molecule has 0 heterocycles. The van der Waals surface area contributed by atoms with E-state index in [0.29, 0.717) is 11.3 Å². The molecule has 0 fully saturated rings. The Morgan fingerprint density at radius 1 is 1.12 bits per heavy atom. The fourth-order valence-electron chi connectivity index (χ4n) is 1.02. The minimum absolute atomic E-state index is 0.223. The Labute approximate surface area is 97.5 Å². The summed E-state index contributed by atoms with van der Waals surface area (Å²) in [5.74, 6) is -1.74. The van der Waals surface area contributed by atoms with Gasteiger partial charge in [-0.1, -0.05) is 0 Å². The Kier molecular flexibility index (Phi) is 4.23. The van der Waals surface area contributed by atoms with Crippen molar-refractivity contribution in [3.63, 3.8) is 0 Å². The van der Waals surface area contributed by atoms with Crippen LogP contribution in [0.4, 0.5) is 5.69 Å². The molecule has 1 rings (SSSR count). The number of nitrogens with one attached hydrogen (secondary N) is 2. The quantitative estimate of drug-likeness (QED) is 0.554.